The minimum absolute atomic E-state index is 0.207. The molecule has 1 aromatic heterocycles. The molecule has 0 aliphatic rings. The molecule has 0 aliphatic heterocycles. The third-order valence-corrected chi connectivity index (χ3v) is 4.64. The summed E-state index contributed by atoms with van der Waals surface area (Å²) in [6, 6.07) is 7.21. The van der Waals surface area contributed by atoms with Gasteiger partial charge in [0, 0.05) is 17.4 Å². The lowest BCUT2D eigenvalue weighted by atomic mass is 10.0. The van der Waals surface area contributed by atoms with Gasteiger partial charge in [0.2, 0.25) is 0 Å². The summed E-state index contributed by atoms with van der Waals surface area (Å²) in [6.45, 7) is 3.36. The number of nitrogens with one attached hydrogen (secondary N) is 1. The van der Waals surface area contributed by atoms with Crippen molar-refractivity contribution in [1.29, 1.82) is 0 Å². The Hall–Kier alpha value is -2.87. The third kappa shape index (κ3) is 5.56. The van der Waals surface area contributed by atoms with Crippen LogP contribution in [0.25, 0.3) is 11.1 Å². The van der Waals surface area contributed by atoms with Gasteiger partial charge in [-0.1, -0.05) is 19.1 Å². The minimum atomic E-state index is -0.534. The molecule has 0 bridgehead atoms. The van der Waals surface area contributed by atoms with Gasteiger partial charge in [-0.15, -0.1) is 11.3 Å². The Morgan fingerprint density at radius 2 is 1.79 bits per heavy atom. The van der Waals surface area contributed by atoms with Gasteiger partial charge in [0.05, 0.1) is 13.7 Å². The molecule has 150 valence electrons. The van der Waals surface area contributed by atoms with Crippen molar-refractivity contribution in [2.24, 2.45) is 0 Å². The largest absolute Gasteiger partial charge is 0.497 e. The lowest BCUT2D eigenvalue weighted by Crippen LogP contribution is -2.21. The van der Waals surface area contributed by atoms with Crippen LogP contribution in [0.2, 0.25) is 0 Å². The molecule has 0 saturated heterocycles. The Bertz CT molecular complexity index is 828. The highest BCUT2D eigenvalue weighted by molar-refractivity contribution is 7.15. The molecular formula is C20H23NO6S. The smallest absolute Gasteiger partial charge is 0.341 e. The molecule has 1 N–H and O–H groups in total. The van der Waals surface area contributed by atoms with Crippen LogP contribution < -0.4 is 10.1 Å². The minimum Gasteiger partial charge on any atom is -0.497 e. The van der Waals surface area contributed by atoms with E-state index in [0.717, 1.165) is 5.56 Å². The standard InChI is InChI=1S/C20H23NO6S/c1-4-6-17(23)27-11-16(22)21-19-18(20(24)26-5-2)15(12-28-19)13-7-9-14(25-3)10-8-13/h7-10,12H,4-6,11H2,1-3H3,(H,21,22). The van der Waals surface area contributed by atoms with Gasteiger partial charge >= 0.3 is 11.9 Å². The number of ether oxygens (including phenoxy) is 3. The second-order valence-corrected chi connectivity index (χ2v) is 6.64. The topological polar surface area (TPSA) is 90.9 Å². The second-order valence-electron chi connectivity index (χ2n) is 5.76. The summed E-state index contributed by atoms with van der Waals surface area (Å²) >= 11 is 1.20. The number of benzene rings is 1. The molecular weight excluding hydrogens is 382 g/mol. The first-order valence-corrected chi connectivity index (χ1v) is 9.76. The van der Waals surface area contributed by atoms with E-state index in [1.165, 1.54) is 11.3 Å². The fraction of sp³-hybridized carbons (Fsp3) is 0.350. The monoisotopic (exact) mass is 405 g/mol. The second kappa shape index (κ2) is 10.5. The van der Waals surface area contributed by atoms with E-state index < -0.39 is 24.5 Å². The van der Waals surface area contributed by atoms with Gasteiger partial charge in [0.25, 0.3) is 5.91 Å². The molecule has 1 heterocycles. The maximum Gasteiger partial charge on any atom is 0.341 e. The van der Waals surface area contributed by atoms with Gasteiger partial charge in [0.1, 0.15) is 16.3 Å². The average molecular weight is 405 g/mol. The molecule has 0 spiro atoms. The zero-order valence-electron chi connectivity index (χ0n) is 16.1. The highest BCUT2D eigenvalue weighted by Crippen LogP contribution is 2.36. The van der Waals surface area contributed by atoms with Gasteiger partial charge < -0.3 is 19.5 Å². The summed E-state index contributed by atoms with van der Waals surface area (Å²) in [5, 5.41) is 4.76. The summed E-state index contributed by atoms with van der Waals surface area (Å²) in [6.07, 6.45) is 0.894. The van der Waals surface area contributed by atoms with Crippen molar-refractivity contribution in [3.05, 3.63) is 35.2 Å². The molecule has 0 unspecified atom stereocenters. The van der Waals surface area contributed by atoms with Crippen LogP contribution in [0.5, 0.6) is 5.75 Å². The molecule has 0 fully saturated rings. The number of carbonyl (C=O) groups is 3. The molecule has 1 amide bonds. The summed E-state index contributed by atoms with van der Waals surface area (Å²) < 4.78 is 15.2. The summed E-state index contributed by atoms with van der Waals surface area (Å²) in [5.41, 5.74) is 1.70. The van der Waals surface area contributed by atoms with Gasteiger partial charge in [0.15, 0.2) is 6.61 Å². The van der Waals surface area contributed by atoms with E-state index in [9.17, 15) is 14.4 Å². The van der Waals surface area contributed by atoms with Gasteiger partial charge in [-0.25, -0.2) is 4.79 Å². The van der Waals surface area contributed by atoms with E-state index in [0.29, 0.717) is 22.7 Å². The van der Waals surface area contributed by atoms with E-state index in [2.05, 4.69) is 5.32 Å². The first-order chi connectivity index (χ1) is 13.5. The van der Waals surface area contributed by atoms with Gasteiger partial charge in [-0.3, -0.25) is 9.59 Å². The Kier molecular flexibility index (Phi) is 8.01. The average Bonchev–Trinajstić information content (AvgIpc) is 3.10. The highest BCUT2D eigenvalue weighted by atomic mass is 32.1. The van der Waals surface area contributed by atoms with Crippen LogP contribution in [-0.4, -0.2) is 38.2 Å². The van der Waals surface area contributed by atoms with Crippen molar-refractivity contribution in [3.63, 3.8) is 0 Å². The van der Waals surface area contributed by atoms with E-state index in [1.807, 2.05) is 19.1 Å². The van der Waals surface area contributed by atoms with Crippen molar-refractivity contribution < 1.29 is 28.6 Å². The van der Waals surface area contributed by atoms with Crippen molar-refractivity contribution in [3.8, 4) is 16.9 Å². The number of amides is 1. The predicted molar refractivity (Wildman–Crippen MR) is 107 cm³/mol. The van der Waals surface area contributed by atoms with E-state index in [1.54, 1.807) is 31.5 Å². The first-order valence-electron chi connectivity index (χ1n) is 8.88. The Morgan fingerprint density at radius 3 is 2.39 bits per heavy atom. The van der Waals surface area contributed by atoms with Crippen LogP contribution in [0.1, 0.15) is 37.0 Å². The molecule has 28 heavy (non-hydrogen) atoms. The molecule has 0 aliphatic carbocycles. The fourth-order valence-electron chi connectivity index (χ4n) is 2.42. The lowest BCUT2D eigenvalue weighted by Gasteiger charge is -2.09. The van der Waals surface area contributed by atoms with Crippen molar-refractivity contribution in [2.75, 3.05) is 25.6 Å². The van der Waals surface area contributed by atoms with Crippen molar-refractivity contribution in [2.45, 2.75) is 26.7 Å². The van der Waals surface area contributed by atoms with Crippen LogP contribution in [0.4, 0.5) is 5.00 Å². The van der Waals surface area contributed by atoms with Crippen LogP contribution in [-0.2, 0) is 19.1 Å². The molecule has 2 rings (SSSR count). The Morgan fingerprint density at radius 1 is 1.07 bits per heavy atom. The van der Waals surface area contributed by atoms with Crippen molar-refractivity contribution in [1.82, 2.24) is 0 Å². The first kappa shape index (κ1) is 21.4. The van der Waals surface area contributed by atoms with Crippen LogP contribution in [0, 0.1) is 0 Å². The molecule has 1 aromatic carbocycles. The number of carbonyl (C=O) groups excluding carboxylic acids is 3. The molecule has 8 heteroatoms. The number of anilines is 1. The number of thiophene rings is 1. The number of methoxy groups -OCH3 is 1. The normalized spacial score (nSPS) is 10.2. The number of hydrogen-bond donors (Lipinski definition) is 1. The maximum atomic E-state index is 12.5. The zero-order valence-corrected chi connectivity index (χ0v) is 16.9. The zero-order chi connectivity index (χ0) is 20.5. The summed E-state index contributed by atoms with van der Waals surface area (Å²) in [4.78, 5) is 36.1. The maximum absolute atomic E-state index is 12.5. The van der Waals surface area contributed by atoms with Crippen LogP contribution >= 0.6 is 11.3 Å². The number of hydrogen-bond acceptors (Lipinski definition) is 7. The lowest BCUT2D eigenvalue weighted by molar-refractivity contribution is -0.147. The predicted octanol–water partition coefficient (Wildman–Crippen LogP) is 3.88. The van der Waals surface area contributed by atoms with E-state index in [4.69, 9.17) is 14.2 Å². The van der Waals surface area contributed by atoms with Crippen molar-refractivity contribution >= 4 is 34.2 Å². The molecule has 0 saturated carbocycles. The summed E-state index contributed by atoms with van der Waals surface area (Å²) in [7, 11) is 1.57. The Balaban J connectivity index is 2.24. The fourth-order valence-corrected chi connectivity index (χ4v) is 3.40. The highest BCUT2D eigenvalue weighted by Gasteiger charge is 2.23. The van der Waals surface area contributed by atoms with E-state index in [-0.39, 0.29) is 18.6 Å². The number of rotatable bonds is 9. The van der Waals surface area contributed by atoms with Gasteiger partial charge in [-0.05, 0) is 31.0 Å². The SMILES string of the molecule is CCCC(=O)OCC(=O)Nc1scc(-c2ccc(OC)cc2)c1C(=O)OCC. The summed E-state index contributed by atoms with van der Waals surface area (Å²) in [5.74, 6) is -0.793. The number of esters is 2. The third-order valence-electron chi connectivity index (χ3n) is 3.74. The molecule has 0 atom stereocenters. The molecule has 2 aromatic rings. The van der Waals surface area contributed by atoms with E-state index >= 15 is 0 Å². The quantitative estimate of drug-likeness (QED) is 0.637. The van der Waals surface area contributed by atoms with Crippen LogP contribution in [0.3, 0.4) is 0 Å². The molecule has 7 nitrogen and oxygen atoms in total. The molecule has 0 radical (unpaired) electrons. The Labute approximate surface area is 167 Å². The van der Waals surface area contributed by atoms with Gasteiger partial charge in [-0.2, -0.15) is 0 Å². The van der Waals surface area contributed by atoms with Crippen LogP contribution in [0.15, 0.2) is 29.6 Å².